The Morgan fingerprint density at radius 3 is 2.33 bits per heavy atom. The van der Waals surface area contributed by atoms with Gasteiger partial charge >= 0.3 is 0 Å². The van der Waals surface area contributed by atoms with Gasteiger partial charge in [0, 0.05) is 63.2 Å². The number of carbonyl (C=O) groups is 1. The fourth-order valence-corrected chi connectivity index (χ4v) is 5.29. The molecule has 1 aliphatic carbocycles. The normalized spacial score (nSPS) is 14.2. The summed E-state index contributed by atoms with van der Waals surface area (Å²) in [4.78, 5) is 19.8. The second-order valence-corrected chi connectivity index (χ2v) is 9.65. The van der Waals surface area contributed by atoms with E-state index < -0.39 is 0 Å². The van der Waals surface area contributed by atoms with Crippen LogP contribution in [0.1, 0.15) is 28.7 Å². The van der Waals surface area contributed by atoms with Gasteiger partial charge in [-0.2, -0.15) is 0 Å². The van der Waals surface area contributed by atoms with Crippen molar-refractivity contribution < 1.29 is 4.79 Å². The van der Waals surface area contributed by atoms with Crippen LogP contribution in [0.2, 0.25) is 0 Å². The molecule has 0 aliphatic heterocycles. The third kappa shape index (κ3) is 4.66. The number of rotatable bonds is 8. The lowest BCUT2D eigenvalue weighted by Crippen LogP contribution is -2.29. The van der Waals surface area contributed by atoms with Crippen LogP contribution in [-0.4, -0.2) is 36.0 Å². The molecule has 0 bridgehead atoms. The van der Waals surface area contributed by atoms with Crippen molar-refractivity contribution in [2.75, 3.05) is 21.7 Å². The number of nitrogen functional groups attached to an aromatic ring is 2. The Labute approximate surface area is 231 Å². The maximum Gasteiger partial charge on any atom is 0.227 e. The third-order valence-electron chi connectivity index (χ3n) is 7.38. The van der Waals surface area contributed by atoms with Gasteiger partial charge in [-0.05, 0) is 78.9 Å². The number of hydrogen-bond acceptors (Lipinski definition) is 8. The number of nitrogens with zero attached hydrogens (tertiary/aromatic N) is 2. The third-order valence-corrected chi connectivity index (χ3v) is 7.38. The molecular formula is C30H29N9O. The summed E-state index contributed by atoms with van der Waals surface area (Å²) in [5, 5.41) is 34.4. The SMILES string of the molecule is N=Cc1cc(-c2nc3ccc(N)c(C=N)c3c3c2CC(C(=O)Nc2ccc(N(C=N)C=N)cc2)CC3)ccc1N. The van der Waals surface area contributed by atoms with E-state index in [4.69, 9.17) is 38.1 Å². The molecule has 10 nitrogen and oxygen atoms in total. The van der Waals surface area contributed by atoms with Crippen LogP contribution in [-0.2, 0) is 17.6 Å². The quantitative estimate of drug-likeness (QED) is 0.0971. The second kappa shape index (κ2) is 10.8. The number of amides is 1. The zero-order valence-electron chi connectivity index (χ0n) is 21.7. The highest BCUT2D eigenvalue weighted by molar-refractivity contribution is 6.06. The molecule has 200 valence electrons. The molecule has 3 aromatic carbocycles. The molecular weight excluding hydrogens is 502 g/mol. The number of aromatic nitrogens is 1. The molecule has 1 unspecified atom stereocenters. The molecule has 0 spiro atoms. The number of carbonyl (C=O) groups excluding carboxylic acids is 1. The van der Waals surface area contributed by atoms with Crippen molar-refractivity contribution in [3.05, 3.63) is 76.9 Å². The lowest BCUT2D eigenvalue weighted by Gasteiger charge is -2.28. The molecule has 0 saturated carbocycles. The first-order valence-corrected chi connectivity index (χ1v) is 12.7. The van der Waals surface area contributed by atoms with E-state index in [1.165, 1.54) is 17.3 Å². The van der Waals surface area contributed by atoms with Gasteiger partial charge in [0.2, 0.25) is 5.91 Å². The number of nitrogens with two attached hydrogens (primary N) is 2. The van der Waals surface area contributed by atoms with Crippen molar-refractivity contribution in [2.45, 2.75) is 19.3 Å². The van der Waals surface area contributed by atoms with Gasteiger partial charge < -0.3 is 27.6 Å². The van der Waals surface area contributed by atoms with Crippen molar-refractivity contribution in [3.8, 4) is 11.3 Å². The van der Waals surface area contributed by atoms with Gasteiger partial charge in [-0.3, -0.25) is 20.5 Å². The van der Waals surface area contributed by atoms with Crippen molar-refractivity contribution in [1.82, 2.24) is 4.98 Å². The predicted molar refractivity (Wildman–Crippen MR) is 162 cm³/mol. The number of nitrogens with one attached hydrogen (secondary N) is 5. The van der Waals surface area contributed by atoms with Crippen molar-refractivity contribution >= 4 is 64.7 Å². The van der Waals surface area contributed by atoms with E-state index in [1.54, 1.807) is 36.4 Å². The summed E-state index contributed by atoms with van der Waals surface area (Å²) >= 11 is 0. The lowest BCUT2D eigenvalue weighted by atomic mass is 9.79. The average Bonchev–Trinajstić information content (AvgIpc) is 2.98. The Balaban J connectivity index is 1.54. The molecule has 1 aromatic heterocycles. The van der Waals surface area contributed by atoms with E-state index in [9.17, 15) is 4.79 Å². The maximum atomic E-state index is 13.4. The second-order valence-electron chi connectivity index (χ2n) is 9.65. The first-order valence-electron chi connectivity index (χ1n) is 12.7. The van der Waals surface area contributed by atoms with Gasteiger partial charge in [-0.25, -0.2) is 4.98 Å². The molecule has 0 saturated heterocycles. The van der Waals surface area contributed by atoms with E-state index in [0.29, 0.717) is 53.1 Å². The summed E-state index contributed by atoms with van der Waals surface area (Å²) in [5.74, 6) is -0.428. The van der Waals surface area contributed by atoms with Gasteiger partial charge in [0.05, 0.1) is 23.9 Å². The lowest BCUT2D eigenvalue weighted by molar-refractivity contribution is -0.120. The van der Waals surface area contributed by atoms with E-state index in [-0.39, 0.29) is 11.8 Å². The van der Waals surface area contributed by atoms with Crippen LogP contribution >= 0.6 is 0 Å². The van der Waals surface area contributed by atoms with Crippen LogP contribution in [0, 0.1) is 27.6 Å². The monoisotopic (exact) mass is 531 g/mol. The Bertz CT molecular complexity index is 1670. The molecule has 9 N–H and O–H groups in total. The summed E-state index contributed by atoms with van der Waals surface area (Å²) in [7, 11) is 0. The molecule has 40 heavy (non-hydrogen) atoms. The summed E-state index contributed by atoms with van der Waals surface area (Å²) in [6.45, 7) is 0. The van der Waals surface area contributed by atoms with Crippen molar-refractivity contribution in [2.24, 2.45) is 5.92 Å². The van der Waals surface area contributed by atoms with Gasteiger partial charge in [-0.15, -0.1) is 0 Å². The van der Waals surface area contributed by atoms with E-state index in [2.05, 4.69) is 5.32 Å². The summed E-state index contributed by atoms with van der Waals surface area (Å²) in [6, 6.07) is 16.1. The Morgan fingerprint density at radius 1 is 0.925 bits per heavy atom. The number of benzene rings is 3. The summed E-state index contributed by atoms with van der Waals surface area (Å²) < 4.78 is 0. The smallest absolute Gasteiger partial charge is 0.227 e. The molecule has 0 radical (unpaired) electrons. The fraction of sp³-hybridized carbons (Fsp3) is 0.133. The fourth-order valence-electron chi connectivity index (χ4n) is 5.29. The van der Waals surface area contributed by atoms with E-state index in [1.807, 2.05) is 18.2 Å². The topological polar surface area (TPSA) is 193 Å². The van der Waals surface area contributed by atoms with Crippen LogP contribution < -0.4 is 21.7 Å². The minimum absolute atomic E-state index is 0.113. The Morgan fingerprint density at radius 2 is 1.65 bits per heavy atom. The van der Waals surface area contributed by atoms with Gasteiger partial charge in [0.25, 0.3) is 0 Å². The number of anilines is 4. The average molecular weight is 532 g/mol. The number of pyridine rings is 1. The Kier molecular flexibility index (Phi) is 7.07. The first kappa shape index (κ1) is 26.2. The maximum absolute atomic E-state index is 13.4. The number of hydrogen-bond donors (Lipinski definition) is 7. The molecule has 0 fully saturated rings. The molecule has 1 atom stereocenters. The van der Waals surface area contributed by atoms with Gasteiger partial charge in [-0.1, -0.05) is 6.07 Å². The molecule has 4 aromatic rings. The van der Waals surface area contributed by atoms with Crippen molar-refractivity contribution in [3.63, 3.8) is 0 Å². The zero-order valence-corrected chi connectivity index (χ0v) is 21.7. The summed E-state index contributed by atoms with van der Waals surface area (Å²) in [6.07, 6.45) is 6.23. The number of fused-ring (bicyclic) bond motifs is 3. The van der Waals surface area contributed by atoms with Crippen LogP contribution in [0.15, 0.2) is 54.6 Å². The van der Waals surface area contributed by atoms with Gasteiger partial charge in [0.1, 0.15) is 0 Å². The van der Waals surface area contributed by atoms with E-state index >= 15 is 0 Å². The standard InChI is InChI=1S/C30H29N9O/c31-13-19-11-17(2-8-25(19)35)29-23-12-18(30(40)37-20-3-5-21(6-4-20)39(15-33)16-34)1-7-22(23)28-24(14-32)26(36)9-10-27(28)38-29/h2-6,8-11,13-16,18,31-34H,1,7,12,35-36H2,(H,37,40). The molecule has 5 rings (SSSR count). The van der Waals surface area contributed by atoms with Crippen molar-refractivity contribution in [1.29, 1.82) is 21.6 Å². The number of aryl methyl sites for hydroxylation is 1. The van der Waals surface area contributed by atoms with Crippen LogP contribution in [0.25, 0.3) is 22.2 Å². The highest BCUT2D eigenvalue weighted by Crippen LogP contribution is 2.39. The minimum atomic E-state index is -0.315. The van der Waals surface area contributed by atoms with E-state index in [0.717, 1.165) is 46.0 Å². The molecule has 1 amide bonds. The Hall–Kier alpha value is -5.38. The van der Waals surface area contributed by atoms with Gasteiger partial charge in [0.15, 0.2) is 0 Å². The zero-order chi connectivity index (χ0) is 28.4. The predicted octanol–water partition coefficient (Wildman–Crippen LogP) is 4.83. The van der Waals surface area contributed by atoms with Crippen LogP contribution in [0.3, 0.4) is 0 Å². The molecule has 1 aliphatic rings. The highest BCUT2D eigenvalue weighted by atomic mass is 16.1. The highest BCUT2D eigenvalue weighted by Gasteiger charge is 2.30. The minimum Gasteiger partial charge on any atom is -0.398 e. The molecule has 1 heterocycles. The molecule has 10 heteroatoms. The first-order chi connectivity index (χ1) is 19.4. The largest absolute Gasteiger partial charge is 0.398 e. The summed E-state index contributed by atoms with van der Waals surface area (Å²) in [5.41, 5.74) is 20.0. The van der Waals surface area contributed by atoms with Crippen LogP contribution in [0.5, 0.6) is 0 Å². The van der Waals surface area contributed by atoms with Crippen LogP contribution in [0.4, 0.5) is 22.7 Å².